The Hall–Kier alpha value is -4.42. The SMILES string of the molecule is CC(C)(C)[C@H](NC(=O)[C@@]1(C)CCC(F)(F)CO1)C1=Nc2ccc(-c3ccc(-c4ccc5nc([C@@H](CC(=O)[C@@]6(C)CCC(F)(F)CO6)C(C)(C)C)[nH]c5c4)cc3)cc2C1. The van der Waals surface area contributed by atoms with Crippen LogP contribution < -0.4 is 5.32 Å². The highest BCUT2D eigenvalue weighted by atomic mass is 19.3. The Morgan fingerprint density at radius 2 is 1.31 bits per heavy atom. The van der Waals surface area contributed by atoms with Gasteiger partial charge in [-0.25, -0.2) is 22.5 Å². The number of H-pyrrole nitrogens is 1. The van der Waals surface area contributed by atoms with Crippen LogP contribution in [0, 0.1) is 10.8 Å². The second-order valence-electron chi connectivity index (χ2n) is 19.1. The van der Waals surface area contributed by atoms with Crippen LogP contribution in [0.15, 0.2) is 65.7 Å². The average Bonchev–Trinajstić information content (AvgIpc) is 3.77. The number of benzene rings is 3. The van der Waals surface area contributed by atoms with Crippen molar-refractivity contribution in [2.24, 2.45) is 15.8 Å². The number of carbonyl (C=O) groups is 2. The molecular formula is C46H54F4N4O4. The number of aromatic nitrogens is 2. The number of nitrogens with zero attached hydrogens (tertiary/aromatic N) is 2. The van der Waals surface area contributed by atoms with Crippen molar-refractivity contribution in [2.75, 3.05) is 13.2 Å². The van der Waals surface area contributed by atoms with Crippen LogP contribution in [0.4, 0.5) is 23.2 Å². The Morgan fingerprint density at radius 3 is 1.86 bits per heavy atom. The minimum Gasteiger partial charge on any atom is -0.361 e. The van der Waals surface area contributed by atoms with E-state index >= 15 is 0 Å². The Balaban J connectivity index is 1.04. The maximum absolute atomic E-state index is 13.8. The number of fused-ring (bicyclic) bond motifs is 2. The van der Waals surface area contributed by atoms with E-state index in [1.807, 2.05) is 71.9 Å². The highest BCUT2D eigenvalue weighted by Crippen LogP contribution is 2.43. The number of aromatic amines is 1. The monoisotopic (exact) mass is 802 g/mol. The molecule has 3 aliphatic heterocycles. The van der Waals surface area contributed by atoms with E-state index in [4.69, 9.17) is 19.5 Å². The fourth-order valence-corrected chi connectivity index (χ4v) is 8.16. The summed E-state index contributed by atoms with van der Waals surface area (Å²) in [5.74, 6) is -6.07. The van der Waals surface area contributed by atoms with E-state index in [0.29, 0.717) is 12.2 Å². The number of alkyl halides is 4. The van der Waals surface area contributed by atoms with E-state index < -0.39 is 60.0 Å². The van der Waals surface area contributed by atoms with Crippen molar-refractivity contribution in [1.82, 2.24) is 15.3 Å². The van der Waals surface area contributed by atoms with Crippen LogP contribution >= 0.6 is 0 Å². The van der Waals surface area contributed by atoms with Gasteiger partial charge in [-0.15, -0.1) is 0 Å². The van der Waals surface area contributed by atoms with E-state index in [9.17, 15) is 27.2 Å². The normalized spacial score (nSPS) is 24.2. The van der Waals surface area contributed by atoms with Crippen molar-refractivity contribution in [1.29, 1.82) is 0 Å². The Morgan fingerprint density at radius 1 is 0.759 bits per heavy atom. The van der Waals surface area contributed by atoms with E-state index in [-0.39, 0.29) is 42.8 Å². The highest BCUT2D eigenvalue weighted by molar-refractivity contribution is 6.01. The summed E-state index contributed by atoms with van der Waals surface area (Å²) in [6.45, 7) is 13.9. The third-order valence-electron chi connectivity index (χ3n) is 12.2. The summed E-state index contributed by atoms with van der Waals surface area (Å²) in [7, 11) is 0. The van der Waals surface area contributed by atoms with Gasteiger partial charge < -0.3 is 19.8 Å². The van der Waals surface area contributed by atoms with Crippen molar-refractivity contribution >= 4 is 34.1 Å². The number of Topliss-reactive ketones (excluding diaryl/α,β-unsaturated/α-hetero) is 1. The van der Waals surface area contributed by atoms with Crippen LogP contribution in [-0.2, 0) is 25.5 Å². The largest absolute Gasteiger partial charge is 0.361 e. The van der Waals surface area contributed by atoms with Crippen molar-refractivity contribution in [3.8, 4) is 22.3 Å². The Kier molecular flexibility index (Phi) is 10.6. The molecule has 0 spiro atoms. The molecule has 3 aromatic carbocycles. The van der Waals surface area contributed by atoms with E-state index in [0.717, 1.165) is 50.2 Å². The zero-order valence-electron chi connectivity index (χ0n) is 34.6. The molecule has 4 aromatic rings. The third kappa shape index (κ3) is 8.64. The average molecular weight is 803 g/mol. The number of nitrogens with one attached hydrogen (secondary N) is 2. The lowest BCUT2D eigenvalue weighted by atomic mass is 9.74. The first-order chi connectivity index (χ1) is 26.9. The third-order valence-corrected chi connectivity index (χ3v) is 12.2. The van der Waals surface area contributed by atoms with Gasteiger partial charge in [-0.05, 0) is 89.6 Å². The second kappa shape index (κ2) is 14.7. The fraction of sp³-hybridized carbons (Fsp3) is 0.522. The number of halogens is 4. The fourth-order valence-electron chi connectivity index (χ4n) is 8.16. The number of rotatable bonds is 9. The molecule has 7 rings (SSSR count). The van der Waals surface area contributed by atoms with Crippen LogP contribution in [-0.4, -0.2) is 69.7 Å². The minimum atomic E-state index is -2.93. The molecule has 1 amide bonds. The van der Waals surface area contributed by atoms with Crippen molar-refractivity contribution in [2.45, 2.75) is 129 Å². The predicted molar refractivity (Wildman–Crippen MR) is 218 cm³/mol. The van der Waals surface area contributed by atoms with Gasteiger partial charge in [0.15, 0.2) is 5.78 Å². The van der Waals surface area contributed by atoms with Gasteiger partial charge in [0.1, 0.15) is 30.2 Å². The quantitative estimate of drug-likeness (QED) is 0.164. The predicted octanol–water partition coefficient (Wildman–Crippen LogP) is 10.6. The van der Waals surface area contributed by atoms with Crippen molar-refractivity contribution in [3.63, 3.8) is 0 Å². The van der Waals surface area contributed by atoms with Crippen LogP contribution in [0.1, 0.15) is 105 Å². The molecule has 0 aliphatic carbocycles. The number of hydrogen-bond donors (Lipinski definition) is 2. The maximum Gasteiger partial charge on any atom is 0.271 e. The van der Waals surface area contributed by atoms with Gasteiger partial charge in [0, 0.05) is 37.3 Å². The van der Waals surface area contributed by atoms with Crippen molar-refractivity contribution < 1.29 is 36.6 Å². The van der Waals surface area contributed by atoms with Crippen LogP contribution in [0.3, 0.4) is 0 Å². The summed E-state index contributed by atoms with van der Waals surface area (Å²) in [6, 6.07) is 20.0. The molecule has 4 heterocycles. The van der Waals surface area contributed by atoms with Crippen LogP contribution in [0.2, 0.25) is 0 Å². The number of aliphatic imine (C=N–C) groups is 1. The van der Waals surface area contributed by atoms with Gasteiger partial charge in [-0.3, -0.25) is 14.6 Å². The lowest BCUT2D eigenvalue weighted by Crippen LogP contribution is -2.58. The summed E-state index contributed by atoms with van der Waals surface area (Å²) < 4.78 is 66.1. The first-order valence-corrected chi connectivity index (χ1v) is 20.1. The zero-order chi connectivity index (χ0) is 42.1. The molecule has 2 fully saturated rings. The molecule has 2 N–H and O–H groups in total. The standard InChI is InChI=1S/C46H54F4N4O4/c1-41(2,3)32(24-37(55)43(7)17-19-45(47,48)25-57-43)39-52-34-16-14-30(22-35(34)53-39)28-11-9-27(10-12-28)29-13-15-33-31(21-29)23-36(51-33)38(42(4,5)6)54-40(56)44(8)18-20-46(49,50)26-58-44/h9-16,21-22,32,38H,17-20,23-26H2,1-8H3,(H,52,53)(H,54,56)/t32-,38-,43-,44-/m1/s1. The van der Waals surface area contributed by atoms with Crippen molar-refractivity contribution in [3.05, 3.63) is 72.1 Å². The summed E-state index contributed by atoms with van der Waals surface area (Å²) >= 11 is 0. The number of imidazole rings is 1. The number of hydrogen-bond acceptors (Lipinski definition) is 6. The molecule has 8 nitrogen and oxygen atoms in total. The van der Waals surface area contributed by atoms with Gasteiger partial charge in [-0.1, -0.05) is 77.9 Å². The number of carbonyl (C=O) groups excluding carboxylic acids is 2. The lowest BCUT2D eigenvalue weighted by molar-refractivity contribution is -0.190. The minimum absolute atomic E-state index is 0.0228. The maximum atomic E-state index is 13.8. The molecule has 310 valence electrons. The number of ether oxygens (including phenoxy) is 2. The molecule has 0 saturated carbocycles. The smallest absolute Gasteiger partial charge is 0.271 e. The zero-order valence-corrected chi connectivity index (χ0v) is 34.6. The van der Waals surface area contributed by atoms with Crippen LogP contribution in [0.25, 0.3) is 33.3 Å². The molecule has 1 aromatic heterocycles. The van der Waals surface area contributed by atoms with E-state index in [2.05, 4.69) is 40.6 Å². The van der Waals surface area contributed by atoms with Gasteiger partial charge in [0.2, 0.25) is 0 Å². The molecule has 2 saturated heterocycles. The first kappa shape index (κ1) is 41.7. The second-order valence-corrected chi connectivity index (χ2v) is 19.1. The molecule has 4 atom stereocenters. The summed E-state index contributed by atoms with van der Waals surface area (Å²) in [5.41, 5.74) is 5.02. The molecule has 58 heavy (non-hydrogen) atoms. The highest BCUT2D eigenvalue weighted by Gasteiger charge is 2.49. The Bertz CT molecular complexity index is 2230. The van der Waals surface area contributed by atoms with Crippen LogP contribution in [0.5, 0.6) is 0 Å². The molecule has 0 unspecified atom stereocenters. The van der Waals surface area contributed by atoms with Gasteiger partial charge in [0.25, 0.3) is 17.8 Å². The summed E-state index contributed by atoms with van der Waals surface area (Å²) in [4.78, 5) is 40.3. The lowest BCUT2D eigenvalue weighted by Gasteiger charge is -2.39. The Labute approximate surface area is 337 Å². The van der Waals surface area contributed by atoms with E-state index in [1.54, 1.807) is 13.8 Å². The summed E-state index contributed by atoms with van der Waals surface area (Å²) in [6.07, 6.45) is -0.203. The first-order valence-electron chi connectivity index (χ1n) is 20.1. The van der Waals surface area contributed by atoms with Gasteiger partial charge in [0.05, 0.1) is 22.8 Å². The number of ketones is 1. The molecular weight excluding hydrogens is 749 g/mol. The van der Waals surface area contributed by atoms with Gasteiger partial charge in [-0.2, -0.15) is 0 Å². The summed E-state index contributed by atoms with van der Waals surface area (Å²) in [5, 5.41) is 3.10. The topological polar surface area (TPSA) is 106 Å². The molecule has 0 radical (unpaired) electrons. The van der Waals surface area contributed by atoms with E-state index in [1.165, 1.54) is 0 Å². The molecule has 3 aliphatic rings. The van der Waals surface area contributed by atoms with Gasteiger partial charge >= 0.3 is 0 Å². The number of amides is 1. The molecule has 0 bridgehead atoms. The molecule has 12 heteroatoms.